The molecule has 0 radical (unpaired) electrons. The van der Waals surface area contributed by atoms with Gasteiger partial charge in [0, 0.05) is 43.5 Å². The predicted molar refractivity (Wildman–Crippen MR) is 124 cm³/mol. The fourth-order valence-electron chi connectivity index (χ4n) is 4.43. The molecule has 0 aliphatic carbocycles. The zero-order valence-electron chi connectivity index (χ0n) is 17.9. The lowest BCUT2D eigenvalue weighted by molar-refractivity contribution is -0.120. The highest BCUT2D eigenvalue weighted by molar-refractivity contribution is 7.89. The molecule has 0 unspecified atom stereocenters. The van der Waals surface area contributed by atoms with Gasteiger partial charge < -0.3 is 10.2 Å². The van der Waals surface area contributed by atoms with Crippen molar-refractivity contribution in [2.24, 2.45) is 5.92 Å². The Morgan fingerprint density at radius 2 is 1.42 bits per heavy atom. The monoisotopic (exact) mass is 441 g/mol. The summed E-state index contributed by atoms with van der Waals surface area (Å²) >= 11 is 0. The summed E-state index contributed by atoms with van der Waals surface area (Å²) in [5.41, 5.74) is 2.00. The van der Waals surface area contributed by atoms with E-state index in [-0.39, 0.29) is 11.8 Å². The van der Waals surface area contributed by atoms with Crippen LogP contribution in [0, 0.1) is 5.92 Å². The van der Waals surface area contributed by atoms with Gasteiger partial charge in [0.15, 0.2) is 0 Å². The van der Waals surface area contributed by atoms with Crippen LogP contribution in [0.2, 0.25) is 0 Å². The first-order valence-corrected chi connectivity index (χ1v) is 12.7. The summed E-state index contributed by atoms with van der Waals surface area (Å²) in [7, 11) is -3.49. The number of piperidine rings is 1. The van der Waals surface area contributed by atoms with Crippen molar-refractivity contribution in [2.45, 2.75) is 43.4 Å². The first-order chi connectivity index (χ1) is 15.0. The maximum atomic E-state index is 12.8. The van der Waals surface area contributed by atoms with Gasteiger partial charge in [-0.05, 0) is 62.1 Å². The number of sulfonamides is 1. The molecule has 2 aliphatic heterocycles. The summed E-state index contributed by atoms with van der Waals surface area (Å²) < 4.78 is 27.0. The van der Waals surface area contributed by atoms with Crippen molar-refractivity contribution in [3.63, 3.8) is 0 Å². The molecule has 2 fully saturated rings. The van der Waals surface area contributed by atoms with Crippen LogP contribution in [0.5, 0.6) is 0 Å². The highest BCUT2D eigenvalue weighted by atomic mass is 32.2. The average molecular weight is 442 g/mol. The maximum absolute atomic E-state index is 12.8. The Kier molecular flexibility index (Phi) is 6.92. The summed E-state index contributed by atoms with van der Waals surface area (Å²) in [5, 5.41) is 3.01. The van der Waals surface area contributed by atoms with Gasteiger partial charge in [-0.25, -0.2) is 8.42 Å². The summed E-state index contributed by atoms with van der Waals surface area (Å²) in [6, 6.07) is 16.6. The van der Waals surface area contributed by atoms with Crippen LogP contribution >= 0.6 is 0 Å². The molecule has 1 amide bonds. The van der Waals surface area contributed by atoms with Gasteiger partial charge in [0.05, 0.1) is 4.90 Å². The van der Waals surface area contributed by atoms with Crippen molar-refractivity contribution in [3.05, 3.63) is 54.6 Å². The van der Waals surface area contributed by atoms with E-state index < -0.39 is 10.0 Å². The number of benzene rings is 2. The molecule has 2 saturated heterocycles. The van der Waals surface area contributed by atoms with Crippen LogP contribution in [-0.4, -0.2) is 44.8 Å². The molecule has 6 nitrogen and oxygen atoms in total. The third kappa shape index (κ3) is 5.28. The molecule has 31 heavy (non-hydrogen) atoms. The molecule has 2 aromatic carbocycles. The summed E-state index contributed by atoms with van der Waals surface area (Å²) in [4.78, 5) is 15.5. The number of amides is 1. The molecule has 2 heterocycles. The Morgan fingerprint density at radius 1 is 0.806 bits per heavy atom. The molecule has 1 N–H and O–H groups in total. The first kappa shape index (κ1) is 21.8. The van der Waals surface area contributed by atoms with Crippen LogP contribution < -0.4 is 10.2 Å². The van der Waals surface area contributed by atoms with E-state index in [1.54, 1.807) is 30.3 Å². The quantitative estimate of drug-likeness (QED) is 0.758. The number of hydrogen-bond acceptors (Lipinski definition) is 4. The van der Waals surface area contributed by atoms with Gasteiger partial charge in [-0.15, -0.1) is 0 Å². The number of rotatable bonds is 5. The van der Waals surface area contributed by atoms with Crippen LogP contribution in [0.15, 0.2) is 59.5 Å². The number of nitrogens with zero attached hydrogens (tertiary/aromatic N) is 2. The molecular weight excluding hydrogens is 410 g/mol. The molecule has 2 aromatic rings. The van der Waals surface area contributed by atoms with Gasteiger partial charge in [0.1, 0.15) is 0 Å². The molecule has 2 aliphatic rings. The Labute approximate surface area is 185 Å². The van der Waals surface area contributed by atoms with E-state index in [1.165, 1.54) is 35.7 Å². The second kappa shape index (κ2) is 9.83. The van der Waals surface area contributed by atoms with Gasteiger partial charge in [-0.2, -0.15) is 4.31 Å². The molecule has 166 valence electrons. The molecule has 0 spiro atoms. The van der Waals surface area contributed by atoms with Crippen molar-refractivity contribution >= 4 is 27.3 Å². The topological polar surface area (TPSA) is 69.7 Å². The van der Waals surface area contributed by atoms with Crippen LogP contribution in [0.25, 0.3) is 0 Å². The lowest BCUT2D eigenvalue weighted by Gasteiger charge is -2.30. The molecular formula is C24H31N3O3S. The zero-order chi connectivity index (χ0) is 21.7. The lowest BCUT2D eigenvalue weighted by atomic mass is 9.97. The number of nitrogens with one attached hydrogen (secondary N) is 1. The average Bonchev–Trinajstić information content (AvgIpc) is 3.10. The largest absolute Gasteiger partial charge is 0.372 e. The smallest absolute Gasteiger partial charge is 0.243 e. The SMILES string of the molecule is O=C(Nc1ccc(N2CCCCCC2)cc1)C1CCN(S(=O)(=O)c2ccccc2)CC1. The van der Waals surface area contributed by atoms with E-state index in [1.807, 2.05) is 12.1 Å². The minimum absolute atomic E-state index is 0.0284. The Bertz CT molecular complexity index is 961. The zero-order valence-corrected chi connectivity index (χ0v) is 18.7. The predicted octanol–water partition coefficient (Wildman–Crippen LogP) is 4.11. The van der Waals surface area contributed by atoms with E-state index in [0.29, 0.717) is 30.8 Å². The van der Waals surface area contributed by atoms with Crippen LogP contribution in [0.1, 0.15) is 38.5 Å². The van der Waals surface area contributed by atoms with E-state index in [9.17, 15) is 13.2 Å². The van der Waals surface area contributed by atoms with E-state index in [4.69, 9.17) is 0 Å². The molecule has 4 rings (SSSR count). The summed E-state index contributed by atoms with van der Waals surface area (Å²) in [6.45, 7) is 2.92. The highest BCUT2D eigenvalue weighted by Crippen LogP contribution is 2.26. The highest BCUT2D eigenvalue weighted by Gasteiger charge is 2.32. The van der Waals surface area contributed by atoms with E-state index >= 15 is 0 Å². The van der Waals surface area contributed by atoms with Crippen molar-refractivity contribution in [2.75, 3.05) is 36.4 Å². The number of hydrogen-bond donors (Lipinski definition) is 1. The second-order valence-corrected chi connectivity index (χ2v) is 10.4. The third-order valence-electron chi connectivity index (χ3n) is 6.31. The Balaban J connectivity index is 1.31. The standard InChI is InChI=1S/C24H31N3O3S/c28-24(25-21-10-12-22(13-11-21)26-16-6-1-2-7-17-26)20-14-18-27(19-15-20)31(29,30)23-8-4-3-5-9-23/h3-5,8-13,20H,1-2,6-7,14-19H2,(H,25,28). The van der Waals surface area contributed by atoms with Crippen LogP contribution in [0.4, 0.5) is 11.4 Å². The van der Waals surface area contributed by atoms with Crippen LogP contribution in [-0.2, 0) is 14.8 Å². The fourth-order valence-corrected chi connectivity index (χ4v) is 5.92. The molecule has 0 saturated carbocycles. The second-order valence-electron chi connectivity index (χ2n) is 8.43. The maximum Gasteiger partial charge on any atom is 0.243 e. The van der Waals surface area contributed by atoms with Crippen molar-refractivity contribution in [1.29, 1.82) is 0 Å². The van der Waals surface area contributed by atoms with Gasteiger partial charge in [-0.3, -0.25) is 4.79 Å². The van der Waals surface area contributed by atoms with Crippen LogP contribution in [0.3, 0.4) is 0 Å². The molecule has 7 heteroatoms. The van der Waals surface area contributed by atoms with Crippen molar-refractivity contribution < 1.29 is 13.2 Å². The fraction of sp³-hybridized carbons (Fsp3) is 0.458. The molecule has 0 atom stereocenters. The number of carbonyl (C=O) groups excluding carboxylic acids is 1. The minimum Gasteiger partial charge on any atom is -0.372 e. The normalized spacial score (nSPS) is 19.0. The van der Waals surface area contributed by atoms with E-state index in [2.05, 4.69) is 22.3 Å². The van der Waals surface area contributed by atoms with Gasteiger partial charge in [-0.1, -0.05) is 31.0 Å². The van der Waals surface area contributed by atoms with Crippen molar-refractivity contribution in [3.8, 4) is 0 Å². The summed E-state index contributed by atoms with van der Waals surface area (Å²) in [5.74, 6) is -0.202. The lowest BCUT2D eigenvalue weighted by Crippen LogP contribution is -2.41. The molecule has 0 bridgehead atoms. The number of carbonyl (C=O) groups is 1. The van der Waals surface area contributed by atoms with Crippen molar-refractivity contribution in [1.82, 2.24) is 4.31 Å². The third-order valence-corrected chi connectivity index (χ3v) is 8.22. The Hall–Kier alpha value is -2.38. The van der Waals surface area contributed by atoms with E-state index in [0.717, 1.165) is 18.8 Å². The van der Waals surface area contributed by atoms with Gasteiger partial charge >= 0.3 is 0 Å². The summed E-state index contributed by atoms with van der Waals surface area (Å²) in [6.07, 6.45) is 6.13. The van der Waals surface area contributed by atoms with Gasteiger partial charge in [0.2, 0.25) is 15.9 Å². The number of anilines is 2. The molecule has 0 aromatic heterocycles. The Morgan fingerprint density at radius 3 is 2.03 bits per heavy atom. The first-order valence-electron chi connectivity index (χ1n) is 11.2. The minimum atomic E-state index is -3.49. The van der Waals surface area contributed by atoms with Gasteiger partial charge in [0.25, 0.3) is 0 Å².